The van der Waals surface area contributed by atoms with Crippen LogP contribution in [0.4, 0.5) is 5.69 Å². The monoisotopic (exact) mass is 195 g/mol. The standard InChI is InChI=1S/C11H14ClN/c1-7-4-8-10(9(12)5-7)13-6-11(8,2)3/h4-5,13H,6H2,1-3H3. The minimum Gasteiger partial charge on any atom is -0.383 e. The van der Waals surface area contributed by atoms with Gasteiger partial charge in [0.1, 0.15) is 0 Å². The molecule has 2 heteroatoms. The van der Waals surface area contributed by atoms with Gasteiger partial charge in [-0.15, -0.1) is 0 Å². The van der Waals surface area contributed by atoms with Gasteiger partial charge in [-0.25, -0.2) is 0 Å². The maximum atomic E-state index is 6.14. The van der Waals surface area contributed by atoms with Gasteiger partial charge in [0.15, 0.2) is 0 Å². The molecule has 70 valence electrons. The van der Waals surface area contributed by atoms with Crippen LogP contribution in [0.25, 0.3) is 0 Å². The largest absolute Gasteiger partial charge is 0.383 e. The van der Waals surface area contributed by atoms with Gasteiger partial charge in [0, 0.05) is 12.0 Å². The molecule has 0 unspecified atom stereocenters. The van der Waals surface area contributed by atoms with E-state index in [1.54, 1.807) is 0 Å². The topological polar surface area (TPSA) is 12.0 Å². The van der Waals surface area contributed by atoms with E-state index in [0.29, 0.717) is 0 Å². The molecule has 1 nitrogen and oxygen atoms in total. The van der Waals surface area contributed by atoms with E-state index in [1.165, 1.54) is 11.1 Å². The van der Waals surface area contributed by atoms with Crippen LogP contribution in [0, 0.1) is 6.92 Å². The fourth-order valence-electron chi connectivity index (χ4n) is 1.86. The smallest absolute Gasteiger partial charge is 0.0643 e. The maximum absolute atomic E-state index is 6.14. The normalized spacial score (nSPS) is 18.2. The number of nitrogens with one attached hydrogen (secondary N) is 1. The van der Waals surface area contributed by atoms with Crippen LogP contribution in [0.5, 0.6) is 0 Å². The molecule has 0 fully saturated rings. The van der Waals surface area contributed by atoms with Crippen LogP contribution in [0.15, 0.2) is 12.1 Å². The quantitative estimate of drug-likeness (QED) is 0.670. The van der Waals surface area contributed by atoms with Crippen molar-refractivity contribution in [3.8, 4) is 0 Å². The summed E-state index contributed by atoms with van der Waals surface area (Å²) >= 11 is 6.14. The Morgan fingerprint density at radius 2 is 2.08 bits per heavy atom. The Morgan fingerprint density at radius 1 is 1.38 bits per heavy atom. The van der Waals surface area contributed by atoms with Crippen molar-refractivity contribution in [1.82, 2.24) is 0 Å². The molecule has 0 atom stereocenters. The molecule has 0 amide bonds. The third kappa shape index (κ3) is 1.31. The first-order valence-electron chi connectivity index (χ1n) is 4.55. The molecule has 0 saturated heterocycles. The van der Waals surface area contributed by atoms with Crippen molar-refractivity contribution < 1.29 is 0 Å². The number of aryl methyl sites for hydroxylation is 1. The lowest BCUT2D eigenvalue weighted by Crippen LogP contribution is -2.18. The van der Waals surface area contributed by atoms with Gasteiger partial charge in [0.25, 0.3) is 0 Å². The van der Waals surface area contributed by atoms with Crippen molar-refractivity contribution >= 4 is 17.3 Å². The second kappa shape index (κ2) is 2.65. The van der Waals surface area contributed by atoms with Gasteiger partial charge >= 0.3 is 0 Å². The van der Waals surface area contributed by atoms with E-state index < -0.39 is 0 Å². The molecule has 1 aliphatic heterocycles. The van der Waals surface area contributed by atoms with E-state index >= 15 is 0 Å². The average molecular weight is 196 g/mol. The Bertz CT molecular complexity index is 355. The van der Waals surface area contributed by atoms with E-state index in [1.807, 2.05) is 6.07 Å². The lowest BCUT2D eigenvalue weighted by Gasteiger charge is -2.17. The molecule has 2 rings (SSSR count). The summed E-state index contributed by atoms with van der Waals surface area (Å²) in [4.78, 5) is 0. The predicted octanol–water partition coefficient (Wildman–Crippen LogP) is 3.35. The predicted molar refractivity (Wildman–Crippen MR) is 57.7 cm³/mol. The number of rotatable bonds is 0. The van der Waals surface area contributed by atoms with E-state index in [4.69, 9.17) is 11.6 Å². The maximum Gasteiger partial charge on any atom is 0.0643 e. The summed E-state index contributed by atoms with van der Waals surface area (Å²) in [7, 11) is 0. The molecule has 0 spiro atoms. The first kappa shape index (κ1) is 8.89. The zero-order chi connectivity index (χ0) is 9.64. The number of hydrogen-bond acceptors (Lipinski definition) is 1. The highest BCUT2D eigenvalue weighted by Gasteiger charge is 2.30. The Balaban J connectivity index is 2.65. The summed E-state index contributed by atoms with van der Waals surface area (Å²) in [5.74, 6) is 0. The zero-order valence-electron chi connectivity index (χ0n) is 8.24. The molecule has 1 heterocycles. The molecule has 0 radical (unpaired) electrons. The van der Waals surface area contributed by atoms with Gasteiger partial charge in [0.05, 0.1) is 10.7 Å². The van der Waals surface area contributed by atoms with Crippen LogP contribution in [0.3, 0.4) is 0 Å². The van der Waals surface area contributed by atoms with Crippen LogP contribution in [0.2, 0.25) is 5.02 Å². The van der Waals surface area contributed by atoms with Gasteiger partial charge in [0.2, 0.25) is 0 Å². The van der Waals surface area contributed by atoms with Crippen LogP contribution >= 0.6 is 11.6 Å². The summed E-state index contributed by atoms with van der Waals surface area (Å²) in [5, 5.41) is 4.20. The van der Waals surface area contributed by atoms with Crippen molar-refractivity contribution in [2.75, 3.05) is 11.9 Å². The number of benzene rings is 1. The first-order chi connectivity index (χ1) is 6.00. The molecule has 1 N–H and O–H groups in total. The minimum atomic E-state index is 0.213. The van der Waals surface area contributed by atoms with Crippen LogP contribution < -0.4 is 5.32 Å². The average Bonchev–Trinajstić information content (AvgIpc) is 2.28. The highest BCUT2D eigenvalue weighted by atomic mass is 35.5. The van der Waals surface area contributed by atoms with Gasteiger partial charge in [-0.3, -0.25) is 0 Å². The van der Waals surface area contributed by atoms with E-state index in [0.717, 1.165) is 17.3 Å². The molecule has 13 heavy (non-hydrogen) atoms. The highest BCUT2D eigenvalue weighted by molar-refractivity contribution is 6.33. The van der Waals surface area contributed by atoms with Crippen molar-refractivity contribution in [2.24, 2.45) is 0 Å². The second-order valence-corrected chi connectivity index (χ2v) is 4.81. The Morgan fingerprint density at radius 3 is 2.77 bits per heavy atom. The fraction of sp³-hybridized carbons (Fsp3) is 0.455. The van der Waals surface area contributed by atoms with Crippen molar-refractivity contribution in [1.29, 1.82) is 0 Å². The summed E-state index contributed by atoms with van der Waals surface area (Å²) in [5.41, 5.74) is 3.92. The van der Waals surface area contributed by atoms with E-state index in [-0.39, 0.29) is 5.41 Å². The summed E-state index contributed by atoms with van der Waals surface area (Å²) in [6.07, 6.45) is 0. The molecule has 0 bridgehead atoms. The molecular weight excluding hydrogens is 182 g/mol. The van der Waals surface area contributed by atoms with Crippen molar-refractivity contribution in [3.63, 3.8) is 0 Å². The van der Waals surface area contributed by atoms with Gasteiger partial charge in [-0.1, -0.05) is 31.5 Å². The van der Waals surface area contributed by atoms with Crippen molar-refractivity contribution in [2.45, 2.75) is 26.2 Å². The lowest BCUT2D eigenvalue weighted by atomic mass is 9.86. The Labute approximate surface area is 84.1 Å². The SMILES string of the molecule is Cc1cc(Cl)c2c(c1)C(C)(C)CN2. The molecule has 1 aliphatic rings. The molecule has 0 aromatic heterocycles. The zero-order valence-corrected chi connectivity index (χ0v) is 9.00. The van der Waals surface area contributed by atoms with Gasteiger partial charge in [-0.05, 0) is 24.1 Å². The summed E-state index contributed by atoms with van der Waals surface area (Å²) in [6.45, 7) is 7.54. The first-order valence-corrected chi connectivity index (χ1v) is 4.93. The highest BCUT2D eigenvalue weighted by Crippen LogP contribution is 2.41. The van der Waals surface area contributed by atoms with Crippen LogP contribution in [-0.2, 0) is 5.41 Å². The molecule has 0 saturated carbocycles. The lowest BCUT2D eigenvalue weighted by molar-refractivity contribution is 0.586. The minimum absolute atomic E-state index is 0.213. The summed E-state index contributed by atoms with van der Waals surface area (Å²) < 4.78 is 0. The third-order valence-corrected chi connectivity index (χ3v) is 2.97. The van der Waals surface area contributed by atoms with Crippen LogP contribution in [-0.4, -0.2) is 6.54 Å². The number of fused-ring (bicyclic) bond motifs is 1. The van der Waals surface area contributed by atoms with Gasteiger partial charge in [-0.2, -0.15) is 0 Å². The molecule has 1 aromatic rings. The molecule has 1 aromatic carbocycles. The fourth-order valence-corrected chi connectivity index (χ4v) is 2.20. The van der Waals surface area contributed by atoms with Gasteiger partial charge < -0.3 is 5.32 Å². The van der Waals surface area contributed by atoms with Crippen molar-refractivity contribution in [3.05, 3.63) is 28.3 Å². The van der Waals surface area contributed by atoms with E-state index in [9.17, 15) is 0 Å². The van der Waals surface area contributed by atoms with E-state index in [2.05, 4.69) is 32.2 Å². The molecular formula is C11H14ClN. The van der Waals surface area contributed by atoms with Crippen LogP contribution in [0.1, 0.15) is 25.0 Å². The summed E-state index contributed by atoms with van der Waals surface area (Å²) in [6, 6.07) is 4.23. The number of hydrogen-bond donors (Lipinski definition) is 1. The number of halogens is 1. The Kier molecular flexibility index (Phi) is 1.81. The Hall–Kier alpha value is -0.690. The number of anilines is 1. The third-order valence-electron chi connectivity index (χ3n) is 2.67. The molecule has 0 aliphatic carbocycles. The second-order valence-electron chi connectivity index (χ2n) is 4.41.